The molecule has 0 radical (unpaired) electrons. The number of fused-ring (bicyclic) bond motifs is 1. The predicted molar refractivity (Wildman–Crippen MR) is 100 cm³/mol. The number of aryl methyl sites for hydroxylation is 1. The van der Waals surface area contributed by atoms with Gasteiger partial charge in [-0.05, 0) is 44.4 Å². The normalized spacial score (nSPS) is 16.2. The molecule has 2 aromatic rings. The van der Waals surface area contributed by atoms with Crippen molar-refractivity contribution in [1.29, 1.82) is 0 Å². The zero-order valence-corrected chi connectivity index (χ0v) is 15.9. The molecule has 1 aliphatic heterocycles. The van der Waals surface area contributed by atoms with Gasteiger partial charge in [0.25, 0.3) is 11.8 Å². The molecule has 0 fully saturated rings. The van der Waals surface area contributed by atoms with E-state index in [1.165, 1.54) is 6.39 Å². The first-order valence-corrected chi connectivity index (χ1v) is 9.34. The second kappa shape index (κ2) is 8.90. The van der Waals surface area contributed by atoms with Gasteiger partial charge in [0.1, 0.15) is 11.5 Å². The minimum absolute atomic E-state index is 0.146. The zero-order valence-electron chi connectivity index (χ0n) is 15.2. The summed E-state index contributed by atoms with van der Waals surface area (Å²) in [6, 6.07) is 4.99. The van der Waals surface area contributed by atoms with E-state index in [-0.39, 0.29) is 11.8 Å². The van der Waals surface area contributed by atoms with Crippen molar-refractivity contribution in [3.63, 3.8) is 0 Å². The molecule has 0 atom stereocenters. The van der Waals surface area contributed by atoms with Crippen LogP contribution in [0, 0.1) is 6.92 Å². The van der Waals surface area contributed by atoms with Crippen molar-refractivity contribution in [3.05, 3.63) is 46.6 Å². The summed E-state index contributed by atoms with van der Waals surface area (Å²) in [6.45, 7) is 3.73. The number of amides is 2. The van der Waals surface area contributed by atoms with Gasteiger partial charge in [0.15, 0.2) is 12.1 Å². The molecular weight excluding hydrogens is 370 g/mol. The van der Waals surface area contributed by atoms with Crippen LogP contribution in [0.2, 0.25) is 5.02 Å². The van der Waals surface area contributed by atoms with Gasteiger partial charge in [-0.1, -0.05) is 11.6 Å². The Balaban J connectivity index is 1.72. The summed E-state index contributed by atoms with van der Waals surface area (Å²) in [7, 11) is 0. The summed E-state index contributed by atoms with van der Waals surface area (Å²) in [6.07, 6.45) is 3.44. The molecule has 3 rings (SSSR count). The first-order chi connectivity index (χ1) is 13.1. The number of halogens is 1. The first-order valence-electron chi connectivity index (χ1n) is 8.96. The standard InChI is InChI=1S/C19H22ClN3O4/c1-13-17(22-12-27-13)19(25)23-8-3-2-7-21-18(24)15-11-14(20)5-6-16(15)26-10-4-9-23/h5-6,11-12H,2-4,7-10H2,1H3,(H,21,24). The number of hydrogen-bond donors (Lipinski definition) is 1. The maximum atomic E-state index is 12.7. The summed E-state index contributed by atoms with van der Waals surface area (Å²) in [5.74, 6) is 0.642. The first kappa shape index (κ1) is 19.2. The topological polar surface area (TPSA) is 84.7 Å². The molecule has 0 saturated heterocycles. The lowest BCUT2D eigenvalue weighted by Gasteiger charge is -2.22. The van der Waals surface area contributed by atoms with E-state index in [0.29, 0.717) is 60.5 Å². The summed E-state index contributed by atoms with van der Waals surface area (Å²) in [4.78, 5) is 30.9. The predicted octanol–water partition coefficient (Wildman–Crippen LogP) is 3.07. The number of carbonyl (C=O) groups is 2. The summed E-state index contributed by atoms with van der Waals surface area (Å²) in [5, 5.41) is 3.36. The van der Waals surface area contributed by atoms with Crippen LogP contribution in [0.5, 0.6) is 5.75 Å². The van der Waals surface area contributed by atoms with E-state index >= 15 is 0 Å². The fourth-order valence-corrected chi connectivity index (χ4v) is 3.12. The lowest BCUT2D eigenvalue weighted by Crippen LogP contribution is -2.34. The van der Waals surface area contributed by atoms with Crippen LogP contribution < -0.4 is 10.1 Å². The zero-order chi connectivity index (χ0) is 19.2. The monoisotopic (exact) mass is 391 g/mol. The molecule has 7 nitrogen and oxygen atoms in total. The maximum Gasteiger partial charge on any atom is 0.276 e. The van der Waals surface area contributed by atoms with E-state index in [1.807, 2.05) is 0 Å². The molecule has 144 valence electrons. The highest BCUT2D eigenvalue weighted by atomic mass is 35.5. The number of aromatic nitrogens is 1. The van der Waals surface area contributed by atoms with Crippen molar-refractivity contribution < 1.29 is 18.7 Å². The molecule has 1 N–H and O–H groups in total. The second-order valence-electron chi connectivity index (χ2n) is 6.35. The van der Waals surface area contributed by atoms with Crippen LogP contribution in [0.3, 0.4) is 0 Å². The van der Waals surface area contributed by atoms with E-state index in [4.69, 9.17) is 20.8 Å². The molecule has 8 heteroatoms. The molecule has 0 bridgehead atoms. The highest BCUT2D eigenvalue weighted by molar-refractivity contribution is 6.31. The quantitative estimate of drug-likeness (QED) is 0.807. The Morgan fingerprint density at radius 3 is 2.85 bits per heavy atom. The number of nitrogens with zero attached hydrogens (tertiary/aromatic N) is 2. The Hall–Kier alpha value is -2.54. The fraction of sp³-hybridized carbons (Fsp3) is 0.421. The minimum Gasteiger partial charge on any atom is -0.493 e. The Kier molecular flexibility index (Phi) is 6.34. The third kappa shape index (κ3) is 4.80. The number of rotatable bonds is 1. The van der Waals surface area contributed by atoms with E-state index in [0.717, 1.165) is 12.8 Å². The summed E-state index contributed by atoms with van der Waals surface area (Å²) >= 11 is 6.02. The number of oxazole rings is 1. The van der Waals surface area contributed by atoms with E-state index in [2.05, 4.69) is 10.3 Å². The van der Waals surface area contributed by atoms with Crippen LogP contribution in [0.4, 0.5) is 0 Å². The second-order valence-corrected chi connectivity index (χ2v) is 6.79. The molecular formula is C19H22ClN3O4. The van der Waals surface area contributed by atoms with E-state index in [1.54, 1.807) is 30.0 Å². The Morgan fingerprint density at radius 1 is 1.26 bits per heavy atom. The maximum absolute atomic E-state index is 12.7. The SMILES string of the molecule is Cc1ocnc1C(=O)N1CCCCNC(=O)c2cc(Cl)ccc2OCCC1. The average molecular weight is 392 g/mol. The Labute approximate surface area is 162 Å². The van der Waals surface area contributed by atoms with Crippen molar-refractivity contribution in [1.82, 2.24) is 15.2 Å². The molecule has 1 aliphatic rings. The molecule has 1 aromatic heterocycles. The summed E-state index contributed by atoms with van der Waals surface area (Å²) < 4.78 is 10.9. The minimum atomic E-state index is -0.210. The number of carbonyl (C=O) groups excluding carboxylic acids is 2. The van der Waals surface area contributed by atoms with Crippen LogP contribution in [0.1, 0.15) is 45.9 Å². The third-order valence-corrected chi connectivity index (χ3v) is 4.63. The molecule has 2 heterocycles. The third-order valence-electron chi connectivity index (χ3n) is 4.39. The van der Waals surface area contributed by atoms with E-state index in [9.17, 15) is 9.59 Å². The molecule has 2 amide bonds. The van der Waals surface area contributed by atoms with Gasteiger partial charge in [-0.3, -0.25) is 9.59 Å². The van der Waals surface area contributed by atoms with Crippen molar-refractivity contribution in [2.45, 2.75) is 26.2 Å². The van der Waals surface area contributed by atoms with Gasteiger partial charge in [-0.15, -0.1) is 0 Å². The highest BCUT2D eigenvalue weighted by Crippen LogP contribution is 2.23. The van der Waals surface area contributed by atoms with Gasteiger partial charge in [0.2, 0.25) is 0 Å². The van der Waals surface area contributed by atoms with Crippen LogP contribution in [0.15, 0.2) is 29.0 Å². The van der Waals surface area contributed by atoms with Crippen LogP contribution in [-0.4, -0.2) is 47.9 Å². The summed E-state index contributed by atoms with van der Waals surface area (Å²) in [5.41, 5.74) is 0.765. The van der Waals surface area contributed by atoms with Crippen LogP contribution in [0.25, 0.3) is 0 Å². The van der Waals surface area contributed by atoms with Crippen molar-refractivity contribution in [2.75, 3.05) is 26.2 Å². The number of hydrogen-bond acceptors (Lipinski definition) is 5. The van der Waals surface area contributed by atoms with Crippen LogP contribution in [-0.2, 0) is 0 Å². The number of ether oxygens (including phenoxy) is 1. The molecule has 27 heavy (non-hydrogen) atoms. The van der Waals surface area contributed by atoms with Crippen molar-refractivity contribution >= 4 is 23.4 Å². The van der Waals surface area contributed by atoms with Gasteiger partial charge in [0.05, 0.1) is 12.2 Å². The van der Waals surface area contributed by atoms with Gasteiger partial charge < -0.3 is 19.4 Å². The fourth-order valence-electron chi connectivity index (χ4n) is 2.94. The largest absolute Gasteiger partial charge is 0.493 e. The van der Waals surface area contributed by atoms with Crippen LogP contribution >= 0.6 is 11.6 Å². The molecule has 0 spiro atoms. The lowest BCUT2D eigenvalue weighted by molar-refractivity contribution is 0.0736. The molecule has 0 aliphatic carbocycles. The van der Waals surface area contributed by atoms with E-state index < -0.39 is 0 Å². The highest BCUT2D eigenvalue weighted by Gasteiger charge is 2.21. The van der Waals surface area contributed by atoms with Gasteiger partial charge in [-0.2, -0.15) is 0 Å². The Bertz CT molecular complexity index is 821. The van der Waals surface area contributed by atoms with Crippen molar-refractivity contribution in [2.24, 2.45) is 0 Å². The van der Waals surface area contributed by atoms with Gasteiger partial charge in [0, 0.05) is 24.7 Å². The van der Waals surface area contributed by atoms with Gasteiger partial charge >= 0.3 is 0 Å². The molecule has 0 unspecified atom stereocenters. The van der Waals surface area contributed by atoms with Crippen molar-refractivity contribution in [3.8, 4) is 5.75 Å². The lowest BCUT2D eigenvalue weighted by atomic mass is 10.2. The number of benzene rings is 1. The molecule has 0 saturated carbocycles. The molecule has 1 aromatic carbocycles. The van der Waals surface area contributed by atoms with Gasteiger partial charge in [-0.25, -0.2) is 4.98 Å². The Morgan fingerprint density at radius 2 is 2.07 bits per heavy atom. The smallest absolute Gasteiger partial charge is 0.276 e. The number of nitrogens with one attached hydrogen (secondary N) is 1. The average Bonchev–Trinajstić information content (AvgIpc) is 3.09.